The molecule has 146 heavy (non-hydrogen) atoms. The third kappa shape index (κ3) is 27.9. The lowest BCUT2D eigenvalue weighted by molar-refractivity contribution is -0.138. The Balaban J connectivity index is 0.000000152. The first-order valence-corrected chi connectivity index (χ1v) is 51.2. The van der Waals surface area contributed by atoms with E-state index in [0.29, 0.717) is 54.3 Å². The fraction of sp³-hybridized carbons (Fsp3) is 0.376. The predicted octanol–water partition coefficient (Wildman–Crippen LogP) is 31.2. The van der Waals surface area contributed by atoms with Crippen molar-refractivity contribution < 1.29 is 46.6 Å². The van der Waals surface area contributed by atoms with E-state index >= 15 is 0 Å². The first-order chi connectivity index (χ1) is 68.6. The van der Waals surface area contributed by atoms with Crippen LogP contribution in [0.3, 0.4) is 0 Å². The highest BCUT2D eigenvalue weighted by Crippen LogP contribution is 2.46. The van der Waals surface area contributed by atoms with Crippen LogP contribution in [0.15, 0.2) is 244 Å². The number of fused-ring (bicyclic) bond motifs is 7. The summed E-state index contributed by atoms with van der Waals surface area (Å²) in [7, 11) is 5.72. The summed E-state index contributed by atoms with van der Waals surface area (Å²) in [5.41, 5.74) is 24.0. The number of aromatic amines is 7. The minimum Gasteiger partial charge on any atom is -0.496 e. The number of para-hydroxylation sites is 2. The first kappa shape index (κ1) is 111. The molecule has 0 atom stereocenters. The third-order valence-electron chi connectivity index (χ3n) is 26.3. The topological polar surface area (TPSA) is 237 Å². The number of hydrogen-bond donors (Lipinski definition) is 9. The lowest BCUT2D eigenvalue weighted by Crippen LogP contribution is -2.36. The number of rotatable bonds is 16. The van der Waals surface area contributed by atoms with Crippen molar-refractivity contribution in [1.29, 1.82) is 0 Å². The molecular weight excluding hydrogens is 1820 g/mol. The van der Waals surface area contributed by atoms with Crippen molar-refractivity contribution in [1.82, 2.24) is 55.3 Å². The van der Waals surface area contributed by atoms with Crippen LogP contribution in [-0.2, 0) is 48.8 Å². The van der Waals surface area contributed by atoms with Gasteiger partial charge in [-0.1, -0.05) is 208 Å². The van der Waals surface area contributed by atoms with E-state index in [-0.39, 0.29) is 56.2 Å². The van der Waals surface area contributed by atoms with Crippen LogP contribution >= 0.6 is 0 Å². The Morgan fingerprint density at radius 1 is 0.363 bits per heavy atom. The molecule has 18 nitrogen and oxygen atoms in total. The number of piperidine rings is 1. The Kier molecular flexibility index (Phi) is 35.2. The number of amides is 3. The fourth-order valence-electron chi connectivity index (χ4n) is 18.5. The van der Waals surface area contributed by atoms with E-state index in [4.69, 9.17) is 14.2 Å². The molecule has 0 radical (unpaired) electrons. The largest absolute Gasteiger partial charge is 0.496 e. The van der Waals surface area contributed by atoms with Crippen molar-refractivity contribution >= 4 is 100 Å². The summed E-state index contributed by atoms with van der Waals surface area (Å²) in [6.45, 7) is 57.8. The number of nitrogens with zero attached hydrogens (tertiary/aromatic N) is 2. The average molecular weight is 1980 g/mol. The van der Waals surface area contributed by atoms with Crippen molar-refractivity contribution in [3.05, 3.63) is 310 Å². The zero-order chi connectivity index (χ0) is 107. The zero-order valence-electron chi connectivity index (χ0n) is 91.1. The summed E-state index contributed by atoms with van der Waals surface area (Å²) in [4.78, 5) is 76.4. The van der Waals surface area contributed by atoms with Gasteiger partial charge in [0.25, 0.3) is 17.7 Å². The van der Waals surface area contributed by atoms with Crippen LogP contribution in [0.4, 0.5) is 13.2 Å². The van der Waals surface area contributed by atoms with Crippen LogP contribution in [0, 0.1) is 5.92 Å². The molecule has 17 aromatic rings. The van der Waals surface area contributed by atoms with Crippen LogP contribution in [0.1, 0.15) is 278 Å². The van der Waals surface area contributed by atoms with Crippen LogP contribution in [-0.4, -0.2) is 136 Å². The van der Waals surface area contributed by atoms with Crippen molar-refractivity contribution in [2.24, 2.45) is 5.92 Å². The van der Waals surface area contributed by atoms with Crippen molar-refractivity contribution in [2.45, 2.75) is 236 Å². The molecule has 0 saturated carbocycles. The Morgan fingerprint density at radius 3 is 1.09 bits per heavy atom. The van der Waals surface area contributed by atoms with Crippen molar-refractivity contribution in [2.75, 3.05) is 67.1 Å². The van der Waals surface area contributed by atoms with Gasteiger partial charge in [-0.05, 0) is 325 Å². The van der Waals surface area contributed by atoms with Gasteiger partial charge in [0.1, 0.15) is 11.5 Å². The molecule has 10 aromatic carbocycles. The molecule has 0 bridgehead atoms. The number of aromatic nitrogens is 7. The number of likely N-dealkylation sites (N-methyl/N-ethyl adjacent to an activating group) is 1. The van der Waals surface area contributed by atoms with Gasteiger partial charge in [-0.3, -0.25) is 14.4 Å². The molecule has 21 heteroatoms. The molecule has 1 aliphatic rings. The number of methoxy groups -OCH3 is 1. The molecular formula is C125H154F3N11O7. The fourth-order valence-corrected chi connectivity index (χ4v) is 18.5. The highest BCUT2D eigenvalue weighted by molar-refractivity contribution is 6.03. The zero-order valence-corrected chi connectivity index (χ0v) is 91.1. The summed E-state index contributed by atoms with van der Waals surface area (Å²) in [6.07, 6.45) is 12.5. The minimum atomic E-state index is -4.31. The molecule has 1 fully saturated rings. The van der Waals surface area contributed by atoms with E-state index in [0.717, 1.165) is 132 Å². The lowest BCUT2D eigenvalue weighted by Gasteiger charge is -2.30. The number of carbonyl (C=O) groups is 4. The van der Waals surface area contributed by atoms with E-state index in [1.54, 1.807) is 46.2 Å². The number of esters is 1. The normalized spacial score (nSPS) is 12.7. The van der Waals surface area contributed by atoms with Gasteiger partial charge in [0.2, 0.25) is 0 Å². The molecule has 772 valence electrons. The second-order valence-electron chi connectivity index (χ2n) is 45.9. The molecule has 1 saturated heterocycles. The van der Waals surface area contributed by atoms with Crippen molar-refractivity contribution in [3.63, 3.8) is 0 Å². The number of H-pyrrole nitrogens is 7. The maximum atomic E-state index is 13.0. The van der Waals surface area contributed by atoms with E-state index in [1.165, 1.54) is 73.1 Å². The standard InChI is InChI=1S/C23H29N3O.C20H23NO.C19H21NO.C18H24N2O.C17H24N2O.C15H19NO2.C13H14F3N/c1-23(2,3)20-15-21-18(10-11-24-21)14-19(20)16-6-8-17(9-7-16)22(27)25-12-13-26(4)5;1-5-22-19-9-7-6-8-15(19)16-12-14-10-11-21-18(14)13-17(16)20(2,3)4;1-19(2,3)16-12-17-13(9-10-20-17)11-15(16)14-7-5-6-8-18(14)21-4;1-18(2,3)15-12-16-13(7-8-19-16)11-14(15)17(21)20-9-5-4-6-10-20;1-11(2)10-19-16(20)13-8-12-6-7-18-15(12)9-14(13)17(3,4)5;1-5-18-14(17)11-8-10-6-7-16-13(10)9-12(11)15(2,3)4;1-12(2,3)9-7-11-8(4-5-17-11)6-10(9)13(14,15)16/h6-11,14-15,24H,12-13H2,1-5H3,(H,25,27);6-13,21H,5H2,1-4H3;5-12,20H,1-4H3;7-8,11-12,19H,4-6,9-10H2,1-3H3;6-9,11,18H,10H2,1-5H3,(H,19,20);6-9,16H,5H2,1-4H3;4-7,17H,1-3H3. The number of alkyl halides is 3. The Hall–Kier alpha value is -13.8. The van der Waals surface area contributed by atoms with Gasteiger partial charge in [0.15, 0.2) is 0 Å². The number of ether oxygens (including phenoxy) is 3. The number of nitrogens with one attached hydrogen (secondary N) is 9. The van der Waals surface area contributed by atoms with Gasteiger partial charge >= 0.3 is 12.1 Å². The molecule has 0 aliphatic carbocycles. The number of halogens is 3. The molecule has 7 aromatic heterocycles. The molecule has 8 heterocycles. The van der Waals surface area contributed by atoms with E-state index in [2.05, 4.69) is 286 Å². The lowest BCUT2D eigenvalue weighted by atomic mass is 9.81. The van der Waals surface area contributed by atoms with Gasteiger partial charge in [0.05, 0.1) is 31.5 Å². The number of likely N-dealkylation sites (tertiary alicyclic amines) is 1. The quantitative estimate of drug-likeness (QED) is 0.0421. The number of benzene rings is 10. The second kappa shape index (κ2) is 46.3. The molecule has 9 N–H and O–H groups in total. The average Bonchev–Trinajstić information content (AvgIpc) is 1.41. The molecule has 1 aliphatic heterocycles. The molecule has 0 spiro atoms. The van der Waals surface area contributed by atoms with Gasteiger partial charge in [-0.15, -0.1) is 0 Å². The summed E-state index contributed by atoms with van der Waals surface area (Å²) < 4.78 is 55.5. The van der Waals surface area contributed by atoms with E-state index in [9.17, 15) is 32.3 Å². The Labute approximate surface area is 861 Å². The van der Waals surface area contributed by atoms with Crippen LogP contribution in [0.25, 0.3) is 110 Å². The summed E-state index contributed by atoms with van der Waals surface area (Å²) in [6, 6.07) is 67.0. The third-order valence-corrected chi connectivity index (χ3v) is 26.3. The predicted molar refractivity (Wildman–Crippen MR) is 602 cm³/mol. The highest BCUT2D eigenvalue weighted by Gasteiger charge is 2.38. The van der Waals surface area contributed by atoms with Crippen LogP contribution in [0.5, 0.6) is 11.5 Å². The summed E-state index contributed by atoms with van der Waals surface area (Å²) >= 11 is 0. The number of carbonyl (C=O) groups excluding carboxylic acids is 4. The number of hydrogen-bond acceptors (Lipinski definition) is 8. The van der Waals surface area contributed by atoms with Crippen molar-refractivity contribution in [3.8, 4) is 44.9 Å². The monoisotopic (exact) mass is 1980 g/mol. The second-order valence-corrected chi connectivity index (χ2v) is 45.9. The van der Waals surface area contributed by atoms with Gasteiger partial charge in [0, 0.05) is 159 Å². The first-order valence-electron chi connectivity index (χ1n) is 51.2. The molecule has 0 unspecified atom stereocenters. The minimum absolute atomic E-state index is 0.0201. The highest BCUT2D eigenvalue weighted by atomic mass is 19.4. The van der Waals surface area contributed by atoms with Crippen LogP contribution < -0.4 is 20.1 Å². The molecule has 3 amide bonds. The van der Waals surface area contributed by atoms with E-state index < -0.39 is 17.2 Å². The Morgan fingerprint density at radius 2 is 0.705 bits per heavy atom. The van der Waals surface area contributed by atoms with Gasteiger partial charge in [-0.25, -0.2) is 4.79 Å². The Bertz CT molecular complexity index is 7280. The maximum absolute atomic E-state index is 13.0. The summed E-state index contributed by atoms with van der Waals surface area (Å²) in [5.74, 6) is 2.26. The maximum Gasteiger partial charge on any atom is 0.416 e. The smallest absolute Gasteiger partial charge is 0.416 e. The van der Waals surface area contributed by atoms with Crippen LogP contribution in [0.2, 0.25) is 0 Å². The van der Waals surface area contributed by atoms with E-state index in [1.807, 2.05) is 155 Å². The molecule has 18 rings (SSSR count). The van der Waals surface area contributed by atoms with Gasteiger partial charge in [-0.2, -0.15) is 13.2 Å². The van der Waals surface area contributed by atoms with Gasteiger partial charge < -0.3 is 69.5 Å². The summed E-state index contributed by atoms with van der Waals surface area (Å²) in [5, 5.41) is 13.4. The SMILES string of the molecule is CC(C)(C)c1cc2[nH]ccc2cc1C(=O)N1CCCCC1.CC(C)(C)c1cc2[nH]ccc2cc1C(F)(F)F.CC(C)CNC(=O)c1cc2cc[nH]c2cc1C(C)(C)C.CCOC(=O)c1cc2cc[nH]c2cc1C(C)(C)C.CCOc1ccccc1-c1cc2cc[nH]c2cc1C(C)(C)C.CN(C)CCNC(=O)c1ccc(-c2cc3cc[nH]c3cc2C(C)(C)C)cc1.COc1ccccc1-c1cc2cc[nH]c2cc1C(C)(C)C.